The number of anilines is 1. The third-order valence-electron chi connectivity index (χ3n) is 3.84. The van der Waals surface area contributed by atoms with E-state index in [-0.39, 0.29) is 11.3 Å². The van der Waals surface area contributed by atoms with E-state index in [0.29, 0.717) is 10.2 Å². The van der Waals surface area contributed by atoms with Crippen LogP contribution in [-0.2, 0) is 6.18 Å². The van der Waals surface area contributed by atoms with Crippen molar-refractivity contribution in [3.63, 3.8) is 0 Å². The first kappa shape index (κ1) is 18.3. The Hall–Kier alpha value is -2.54. The summed E-state index contributed by atoms with van der Waals surface area (Å²) >= 11 is 3.43. The van der Waals surface area contributed by atoms with Gasteiger partial charge in [-0.15, -0.1) is 0 Å². The van der Waals surface area contributed by atoms with Crippen LogP contribution < -0.4 is 10.1 Å². The summed E-state index contributed by atoms with van der Waals surface area (Å²) < 4.78 is 44.4. The van der Waals surface area contributed by atoms with Crippen molar-refractivity contribution in [3.8, 4) is 5.75 Å². The molecule has 0 aliphatic carbocycles. The van der Waals surface area contributed by atoms with Gasteiger partial charge in [0.1, 0.15) is 5.75 Å². The zero-order valence-electron chi connectivity index (χ0n) is 13.5. The van der Waals surface area contributed by atoms with E-state index in [1.54, 1.807) is 6.07 Å². The lowest BCUT2D eigenvalue weighted by molar-refractivity contribution is -0.137. The highest BCUT2D eigenvalue weighted by molar-refractivity contribution is 9.10. The van der Waals surface area contributed by atoms with E-state index < -0.39 is 17.6 Å². The van der Waals surface area contributed by atoms with E-state index in [1.165, 1.54) is 19.2 Å². The van der Waals surface area contributed by atoms with Crippen LogP contribution in [0.1, 0.15) is 15.9 Å². The first-order chi connectivity index (χ1) is 12.3. The first-order valence-corrected chi connectivity index (χ1v) is 8.34. The Bertz CT molecular complexity index is 986. The van der Waals surface area contributed by atoms with Crippen molar-refractivity contribution in [1.29, 1.82) is 0 Å². The Morgan fingerprint density at radius 3 is 2.50 bits per heavy atom. The summed E-state index contributed by atoms with van der Waals surface area (Å²) in [5, 5.41) is 4.16. The fourth-order valence-corrected chi connectivity index (χ4v) is 3.36. The molecule has 0 aromatic heterocycles. The van der Waals surface area contributed by atoms with Gasteiger partial charge in [-0.05, 0) is 51.0 Å². The molecule has 0 saturated heterocycles. The van der Waals surface area contributed by atoms with Crippen molar-refractivity contribution in [2.75, 3.05) is 12.4 Å². The molecule has 7 heteroatoms. The molecule has 0 saturated carbocycles. The molecule has 1 N–H and O–H groups in total. The highest BCUT2D eigenvalue weighted by Gasteiger charge is 2.30. The van der Waals surface area contributed by atoms with Gasteiger partial charge in [0.15, 0.2) is 0 Å². The van der Waals surface area contributed by atoms with Crippen molar-refractivity contribution in [1.82, 2.24) is 0 Å². The molecule has 0 aliphatic heterocycles. The second-order valence-electron chi connectivity index (χ2n) is 5.53. The largest absolute Gasteiger partial charge is 0.495 e. The average Bonchev–Trinajstić information content (AvgIpc) is 2.61. The molecule has 0 radical (unpaired) electrons. The van der Waals surface area contributed by atoms with Crippen LogP contribution >= 0.6 is 15.9 Å². The maximum Gasteiger partial charge on any atom is 0.416 e. The Morgan fingerprint density at radius 2 is 1.81 bits per heavy atom. The number of carbonyl (C=O) groups is 1. The smallest absolute Gasteiger partial charge is 0.416 e. The molecule has 0 aliphatic rings. The number of halogens is 4. The van der Waals surface area contributed by atoms with Gasteiger partial charge < -0.3 is 10.1 Å². The number of methoxy groups -OCH3 is 1. The molecule has 3 rings (SSSR count). The van der Waals surface area contributed by atoms with Gasteiger partial charge >= 0.3 is 6.18 Å². The highest BCUT2D eigenvalue weighted by atomic mass is 79.9. The maximum absolute atomic E-state index is 12.8. The summed E-state index contributed by atoms with van der Waals surface area (Å²) in [4.78, 5) is 12.7. The molecule has 0 bridgehead atoms. The third kappa shape index (κ3) is 3.53. The standard InChI is InChI=1S/C19H13BrF3NO2/c1-26-17-15(9-11-5-2-3-8-14(11)16(17)20)18(25)24-13-7-4-6-12(10-13)19(21,22)23/h2-10H,1H3,(H,24,25). The van der Waals surface area contributed by atoms with Gasteiger partial charge in [-0.1, -0.05) is 30.3 Å². The molecule has 0 spiro atoms. The van der Waals surface area contributed by atoms with Gasteiger partial charge in [0.2, 0.25) is 0 Å². The summed E-state index contributed by atoms with van der Waals surface area (Å²) in [6, 6.07) is 13.5. The lowest BCUT2D eigenvalue weighted by Crippen LogP contribution is -2.14. The van der Waals surface area contributed by atoms with E-state index in [2.05, 4.69) is 21.2 Å². The number of benzene rings is 3. The van der Waals surface area contributed by atoms with Crippen LogP contribution in [-0.4, -0.2) is 13.0 Å². The number of amides is 1. The van der Waals surface area contributed by atoms with Crippen LogP contribution in [0.2, 0.25) is 0 Å². The second-order valence-corrected chi connectivity index (χ2v) is 6.32. The molecular weight excluding hydrogens is 411 g/mol. The number of nitrogens with one attached hydrogen (secondary N) is 1. The summed E-state index contributed by atoms with van der Waals surface area (Å²) in [5.74, 6) is -0.249. The molecule has 1 amide bonds. The van der Waals surface area contributed by atoms with E-state index in [4.69, 9.17) is 4.74 Å². The summed E-state index contributed by atoms with van der Waals surface area (Å²) in [6.07, 6.45) is -4.48. The minimum absolute atomic E-state index is 0.0520. The van der Waals surface area contributed by atoms with E-state index in [1.807, 2.05) is 24.3 Å². The van der Waals surface area contributed by atoms with Crippen molar-refractivity contribution in [3.05, 3.63) is 70.2 Å². The summed E-state index contributed by atoms with van der Waals surface area (Å²) in [7, 11) is 1.43. The molecule has 0 heterocycles. The number of fused-ring (bicyclic) bond motifs is 1. The molecule has 134 valence electrons. The van der Waals surface area contributed by atoms with Crippen LogP contribution in [0.4, 0.5) is 18.9 Å². The van der Waals surface area contributed by atoms with Crippen molar-refractivity contribution in [2.45, 2.75) is 6.18 Å². The minimum Gasteiger partial charge on any atom is -0.495 e. The van der Waals surface area contributed by atoms with Crippen LogP contribution in [0.15, 0.2) is 59.1 Å². The van der Waals surface area contributed by atoms with Crippen LogP contribution in [0.5, 0.6) is 5.75 Å². The van der Waals surface area contributed by atoms with Gasteiger partial charge in [-0.25, -0.2) is 0 Å². The predicted octanol–water partition coefficient (Wildman–Crippen LogP) is 5.88. The monoisotopic (exact) mass is 423 g/mol. The predicted molar refractivity (Wildman–Crippen MR) is 97.6 cm³/mol. The zero-order valence-corrected chi connectivity index (χ0v) is 15.1. The number of ether oxygens (including phenoxy) is 1. The minimum atomic E-state index is -4.48. The Labute approximate surface area is 155 Å². The average molecular weight is 424 g/mol. The van der Waals surface area contributed by atoms with Crippen LogP contribution in [0.3, 0.4) is 0 Å². The summed E-state index contributed by atoms with van der Waals surface area (Å²) in [5.41, 5.74) is -0.561. The fourth-order valence-electron chi connectivity index (χ4n) is 2.62. The summed E-state index contributed by atoms with van der Waals surface area (Å²) in [6.45, 7) is 0. The van der Waals surface area contributed by atoms with Crippen molar-refractivity contribution < 1.29 is 22.7 Å². The van der Waals surface area contributed by atoms with Crippen molar-refractivity contribution in [2.24, 2.45) is 0 Å². The molecule has 0 unspecified atom stereocenters. The quantitative estimate of drug-likeness (QED) is 0.570. The number of rotatable bonds is 3. The first-order valence-electron chi connectivity index (χ1n) is 7.55. The highest BCUT2D eigenvalue weighted by Crippen LogP contribution is 2.37. The molecule has 0 atom stereocenters. The number of carbonyl (C=O) groups excluding carboxylic acids is 1. The second kappa shape index (κ2) is 6.99. The molecule has 3 nitrogen and oxygen atoms in total. The van der Waals surface area contributed by atoms with Gasteiger partial charge in [0.25, 0.3) is 5.91 Å². The van der Waals surface area contributed by atoms with Crippen LogP contribution in [0.25, 0.3) is 10.8 Å². The number of hydrogen-bond donors (Lipinski definition) is 1. The maximum atomic E-state index is 12.8. The molecular formula is C19H13BrF3NO2. The van der Waals surface area contributed by atoms with Gasteiger partial charge in [0, 0.05) is 5.69 Å². The zero-order chi connectivity index (χ0) is 18.9. The van der Waals surface area contributed by atoms with Gasteiger partial charge in [-0.2, -0.15) is 13.2 Å². The lowest BCUT2D eigenvalue weighted by atomic mass is 10.0. The number of hydrogen-bond acceptors (Lipinski definition) is 2. The van der Waals surface area contributed by atoms with E-state index in [0.717, 1.165) is 22.9 Å². The molecule has 3 aromatic carbocycles. The third-order valence-corrected chi connectivity index (χ3v) is 4.62. The van der Waals surface area contributed by atoms with Gasteiger partial charge in [0.05, 0.1) is 22.7 Å². The Balaban J connectivity index is 2.00. The number of alkyl halides is 3. The molecule has 0 fully saturated rings. The molecule has 26 heavy (non-hydrogen) atoms. The Morgan fingerprint density at radius 1 is 1.08 bits per heavy atom. The van der Waals surface area contributed by atoms with Crippen LogP contribution in [0, 0.1) is 0 Å². The molecule has 3 aromatic rings. The van der Waals surface area contributed by atoms with E-state index in [9.17, 15) is 18.0 Å². The fraction of sp³-hybridized carbons (Fsp3) is 0.105. The SMILES string of the molecule is COc1c(C(=O)Nc2cccc(C(F)(F)F)c2)cc2ccccc2c1Br. The van der Waals surface area contributed by atoms with Gasteiger partial charge in [-0.3, -0.25) is 4.79 Å². The Kier molecular flexibility index (Phi) is 4.91. The lowest BCUT2D eigenvalue weighted by Gasteiger charge is -2.14. The normalized spacial score (nSPS) is 11.4. The topological polar surface area (TPSA) is 38.3 Å². The van der Waals surface area contributed by atoms with Crippen molar-refractivity contribution >= 4 is 38.3 Å². The van der Waals surface area contributed by atoms with E-state index >= 15 is 0 Å².